The average Bonchev–Trinajstić information content (AvgIpc) is 2.80. The summed E-state index contributed by atoms with van der Waals surface area (Å²) in [5.74, 6) is 3.04. The van der Waals surface area contributed by atoms with E-state index in [1.165, 1.54) is 18.4 Å². The number of hydrogen-bond donors (Lipinski definition) is 1. The van der Waals surface area contributed by atoms with E-state index < -0.39 is 0 Å². The van der Waals surface area contributed by atoms with E-state index in [9.17, 15) is 0 Å². The third-order valence-corrected chi connectivity index (χ3v) is 6.83. The Morgan fingerprint density at radius 1 is 1.07 bits per heavy atom. The lowest BCUT2D eigenvalue weighted by atomic mass is 9.75. The second kappa shape index (κ2) is 9.08. The number of nitrogens with two attached hydrogens (primary N) is 1. The Morgan fingerprint density at radius 3 is 2.73 bits per heavy atom. The molecule has 1 aromatic heterocycles. The molecular weight excluding hydrogens is 380 g/mol. The summed E-state index contributed by atoms with van der Waals surface area (Å²) in [6, 6.07) is 6.54. The lowest BCUT2D eigenvalue weighted by Crippen LogP contribution is -2.34. The third-order valence-electron chi connectivity index (χ3n) is 6.83. The molecule has 5 rings (SSSR count). The quantitative estimate of drug-likeness (QED) is 0.804. The van der Waals surface area contributed by atoms with Crippen LogP contribution in [-0.2, 0) is 15.9 Å². The molecule has 2 aromatic rings. The molecule has 1 atom stereocenters. The number of nitrogens with zero attached hydrogens (tertiary/aromatic N) is 1. The van der Waals surface area contributed by atoms with Crippen LogP contribution >= 0.6 is 0 Å². The van der Waals surface area contributed by atoms with Gasteiger partial charge in [0, 0.05) is 29.3 Å². The largest absolute Gasteiger partial charge is 0.493 e. The Kier molecular flexibility index (Phi) is 6.07. The molecule has 1 aliphatic carbocycles. The number of benzene rings is 1. The second-order valence-electron chi connectivity index (χ2n) is 8.89. The van der Waals surface area contributed by atoms with Gasteiger partial charge < -0.3 is 24.7 Å². The minimum Gasteiger partial charge on any atom is -0.493 e. The maximum atomic E-state index is 6.16. The van der Waals surface area contributed by atoms with Crippen molar-refractivity contribution in [1.82, 2.24) is 4.98 Å². The molecule has 1 aromatic carbocycles. The maximum absolute atomic E-state index is 6.16. The molecular formula is C24H32N2O4. The molecule has 0 spiro atoms. The molecule has 0 amide bonds. The van der Waals surface area contributed by atoms with Crippen molar-refractivity contribution in [3.8, 4) is 11.5 Å². The van der Waals surface area contributed by atoms with Crippen LogP contribution in [0.15, 0.2) is 24.4 Å². The molecule has 2 aliphatic heterocycles. The monoisotopic (exact) mass is 412 g/mol. The van der Waals surface area contributed by atoms with Crippen molar-refractivity contribution < 1.29 is 18.9 Å². The summed E-state index contributed by atoms with van der Waals surface area (Å²) in [4.78, 5) is 4.60. The van der Waals surface area contributed by atoms with Crippen LogP contribution in [0.25, 0.3) is 10.9 Å². The summed E-state index contributed by atoms with van der Waals surface area (Å²) in [7, 11) is 0. The zero-order chi connectivity index (χ0) is 20.3. The number of rotatable bonds is 5. The lowest BCUT2D eigenvalue weighted by molar-refractivity contribution is -0.183. The molecule has 1 unspecified atom stereocenters. The first kappa shape index (κ1) is 20.0. The van der Waals surface area contributed by atoms with Crippen molar-refractivity contribution in [2.45, 2.75) is 57.3 Å². The number of aromatic nitrogens is 1. The van der Waals surface area contributed by atoms with Crippen LogP contribution in [0.5, 0.6) is 11.5 Å². The van der Waals surface area contributed by atoms with E-state index >= 15 is 0 Å². The van der Waals surface area contributed by atoms with Crippen LogP contribution in [0.3, 0.4) is 0 Å². The Balaban J connectivity index is 1.29. The number of ether oxygens (including phenoxy) is 4. The van der Waals surface area contributed by atoms with E-state index in [4.69, 9.17) is 24.7 Å². The number of fused-ring (bicyclic) bond motifs is 3. The van der Waals surface area contributed by atoms with Gasteiger partial charge in [0.1, 0.15) is 11.5 Å². The van der Waals surface area contributed by atoms with Crippen LogP contribution in [-0.4, -0.2) is 43.7 Å². The zero-order valence-electron chi connectivity index (χ0n) is 17.6. The van der Waals surface area contributed by atoms with Gasteiger partial charge in [0.15, 0.2) is 6.29 Å². The Hall–Kier alpha value is -1.89. The highest BCUT2D eigenvalue weighted by Gasteiger charge is 2.31. The van der Waals surface area contributed by atoms with Gasteiger partial charge in [0.05, 0.1) is 38.1 Å². The fraction of sp³-hybridized carbons (Fsp3) is 0.625. The van der Waals surface area contributed by atoms with E-state index in [2.05, 4.69) is 11.1 Å². The van der Waals surface area contributed by atoms with Crippen LogP contribution in [0.1, 0.15) is 44.1 Å². The summed E-state index contributed by atoms with van der Waals surface area (Å²) < 4.78 is 23.4. The van der Waals surface area contributed by atoms with Crippen molar-refractivity contribution in [1.29, 1.82) is 0 Å². The van der Waals surface area contributed by atoms with Gasteiger partial charge in [-0.05, 0) is 62.6 Å². The van der Waals surface area contributed by atoms with E-state index in [0.29, 0.717) is 24.5 Å². The first-order valence-electron chi connectivity index (χ1n) is 11.4. The Bertz CT molecular complexity index is 860. The highest BCUT2D eigenvalue weighted by atomic mass is 16.7. The summed E-state index contributed by atoms with van der Waals surface area (Å²) in [5, 5.41) is 1.15. The molecule has 30 heavy (non-hydrogen) atoms. The van der Waals surface area contributed by atoms with Gasteiger partial charge in [-0.25, -0.2) is 0 Å². The van der Waals surface area contributed by atoms with Gasteiger partial charge in [0.2, 0.25) is 0 Å². The van der Waals surface area contributed by atoms with Gasteiger partial charge in [0.25, 0.3) is 0 Å². The Morgan fingerprint density at radius 2 is 1.90 bits per heavy atom. The van der Waals surface area contributed by atoms with Crippen molar-refractivity contribution in [2.75, 3.05) is 26.4 Å². The van der Waals surface area contributed by atoms with Crippen molar-refractivity contribution in [2.24, 2.45) is 17.6 Å². The van der Waals surface area contributed by atoms with E-state index in [0.717, 1.165) is 74.3 Å². The lowest BCUT2D eigenvalue weighted by Gasteiger charge is -2.35. The molecule has 3 heterocycles. The molecule has 162 valence electrons. The van der Waals surface area contributed by atoms with Crippen molar-refractivity contribution in [3.05, 3.63) is 30.0 Å². The van der Waals surface area contributed by atoms with E-state index in [1.54, 1.807) is 0 Å². The first-order chi connectivity index (χ1) is 14.8. The average molecular weight is 413 g/mol. The molecule has 6 nitrogen and oxygen atoms in total. The summed E-state index contributed by atoms with van der Waals surface area (Å²) in [6.45, 7) is 2.90. The highest BCUT2D eigenvalue weighted by Crippen LogP contribution is 2.39. The second-order valence-corrected chi connectivity index (χ2v) is 8.89. The van der Waals surface area contributed by atoms with Crippen LogP contribution < -0.4 is 15.2 Å². The molecule has 6 heteroatoms. The van der Waals surface area contributed by atoms with Gasteiger partial charge in [-0.1, -0.05) is 0 Å². The third kappa shape index (κ3) is 4.41. The van der Waals surface area contributed by atoms with Gasteiger partial charge in [-0.2, -0.15) is 0 Å². The predicted octanol–water partition coefficient (Wildman–Crippen LogP) is 3.84. The molecule has 2 N–H and O–H groups in total. The SMILES string of the molecule is NC1CCC(C2COc3cnc4ccc(OCCC5OCCCO5)cc4c3C2)CC1. The maximum Gasteiger partial charge on any atom is 0.160 e. The fourth-order valence-electron chi connectivity index (χ4n) is 5.05. The van der Waals surface area contributed by atoms with E-state index in [1.807, 2.05) is 18.3 Å². The van der Waals surface area contributed by atoms with Crippen LogP contribution in [0.4, 0.5) is 0 Å². The fourth-order valence-corrected chi connectivity index (χ4v) is 5.05. The Labute approximate surface area is 178 Å². The smallest absolute Gasteiger partial charge is 0.160 e. The van der Waals surface area contributed by atoms with Gasteiger partial charge in [-0.3, -0.25) is 4.98 Å². The molecule has 1 saturated heterocycles. The van der Waals surface area contributed by atoms with E-state index in [-0.39, 0.29) is 6.29 Å². The normalized spacial score (nSPS) is 27.4. The molecule has 0 bridgehead atoms. The summed E-state index contributed by atoms with van der Waals surface area (Å²) in [5.41, 5.74) is 8.38. The standard InChI is InChI=1S/C24H32N2O4/c25-18-4-2-16(3-5-18)17-12-21-20-13-19(27-11-8-24-28-9-1-10-29-24)6-7-22(20)26-14-23(21)30-15-17/h6-7,13-14,16-18,24H,1-5,8-12,15,25H2. The molecule has 3 aliphatic rings. The van der Waals surface area contributed by atoms with Gasteiger partial charge >= 0.3 is 0 Å². The van der Waals surface area contributed by atoms with Crippen molar-refractivity contribution in [3.63, 3.8) is 0 Å². The highest BCUT2D eigenvalue weighted by molar-refractivity contribution is 5.85. The number of pyridine rings is 1. The summed E-state index contributed by atoms with van der Waals surface area (Å²) >= 11 is 0. The van der Waals surface area contributed by atoms with Gasteiger partial charge in [-0.15, -0.1) is 0 Å². The molecule has 2 fully saturated rings. The molecule has 1 saturated carbocycles. The zero-order valence-corrected chi connectivity index (χ0v) is 17.6. The first-order valence-corrected chi connectivity index (χ1v) is 11.4. The summed E-state index contributed by atoms with van der Waals surface area (Å²) in [6.07, 6.45) is 9.18. The van der Waals surface area contributed by atoms with Crippen LogP contribution in [0.2, 0.25) is 0 Å². The number of hydrogen-bond acceptors (Lipinski definition) is 6. The molecule has 0 radical (unpaired) electrons. The minimum absolute atomic E-state index is 0.147. The topological polar surface area (TPSA) is 75.8 Å². The van der Waals surface area contributed by atoms with Crippen molar-refractivity contribution >= 4 is 10.9 Å². The van der Waals surface area contributed by atoms with Crippen LogP contribution in [0, 0.1) is 11.8 Å². The minimum atomic E-state index is -0.147. The predicted molar refractivity (Wildman–Crippen MR) is 115 cm³/mol.